The van der Waals surface area contributed by atoms with Crippen LogP contribution in [0.1, 0.15) is 24.0 Å². The van der Waals surface area contributed by atoms with Crippen molar-refractivity contribution in [1.29, 1.82) is 0 Å². The highest BCUT2D eigenvalue weighted by molar-refractivity contribution is 5.33. The molecule has 1 aliphatic heterocycles. The van der Waals surface area contributed by atoms with E-state index in [0.717, 1.165) is 26.2 Å². The number of nitrogens with zero attached hydrogens (tertiary/aromatic N) is 2. The van der Waals surface area contributed by atoms with Gasteiger partial charge in [0.15, 0.2) is 11.6 Å². The number of benzene rings is 3. The molecule has 0 bridgehead atoms. The summed E-state index contributed by atoms with van der Waals surface area (Å²) in [7, 11) is 0. The van der Waals surface area contributed by atoms with Crippen LogP contribution in [0.4, 0.5) is 4.39 Å². The smallest absolute Gasteiger partial charge is 0.165 e. The van der Waals surface area contributed by atoms with E-state index in [2.05, 4.69) is 77.4 Å². The molecule has 4 rings (SSSR count). The third-order valence-corrected chi connectivity index (χ3v) is 6.41. The molecule has 0 spiro atoms. The lowest BCUT2D eigenvalue weighted by Gasteiger charge is -2.41. The normalized spacial score (nSPS) is 18.4. The van der Waals surface area contributed by atoms with Crippen molar-refractivity contribution in [3.05, 3.63) is 102 Å². The van der Waals surface area contributed by atoms with Crippen LogP contribution in [0.5, 0.6) is 5.75 Å². The Hall–Kier alpha value is -2.73. The molecular weight excluding hydrogens is 415 g/mol. The minimum absolute atomic E-state index is 0.0813. The number of aliphatic hydroxyl groups excluding tert-OH is 1. The van der Waals surface area contributed by atoms with Gasteiger partial charge >= 0.3 is 0 Å². The van der Waals surface area contributed by atoms with Gasteiger partial charge in [0.05, 0.1) is 0 Å². The number of halogens is 1. The largest absolute Gasteiger partial charge is 0.488 e. The summed E-state index contributed by atoms with van der Waals surface area (Å²) in [4.78, 5) is 4.82. The summed E-state index contributed by atoms with van der Waals surface area (Å²) in [6.07, 6.45) is -0.667. The summed E-state index contributed by atoms with van der Waals surface area (Å²) >= 11 is 0. The zero-order valence-corrected chi connectivity index (χ0v) is 19.2. The molecule has 1 aliphatic rings. The number of aliphatic hydroxyl groups is 1. The van der Waals surface area contributed by atoms with Gasteiger partial charge in [-0.1, -0.05) is 72.8 Å². The second-order valence-corrected chi connectivity index (χ2v) is 8.87. The number of ether oxygens (including phenoxy) is 1. The minimum atomic E-state index is -0.667. The van der Waals surface area contributed by atoms with Gasteiger partial charge in [-0.2, -0.15) is 0 Å². The Morgan fingerprint density at radius 3 is 2.09 bits per heavy atom. The van der Waals surface area contributed by atoms with E-state index >= 15 is 0 Å². The van der Waals surface area contributed by atoms with Gasteiger partial charge in [0.2, 0.25) is 0 Å². The monoisotopic (exact) mass is 448 g/mol. The van der Waals surface area contributed by atoms with Gasteiger partial charge in [0.1, 0.15) is 12.7 Å². The van der Waals surface area contributed by atoms with Crippen LogP contribution >= 0.6 is 0 Å². The van der Waals surface area contributed by atoms with Crippen molar-refractivity contribution in [3.8, 4) is 5.75 Å². The Morgan fingerprint density at radius 2 is 1.48 bits per heavy atom. The second-order valence-electron chi connectivity index (χ2n) is 8.87. The fourth-order valence-electron chi connectivity index (χ4n) is 4.61. The maximum atomic E-state index is 13.7. The van der Waals surface area contributed by atoms with E-state index in [1.165, 1.54) is 17.2 Å². The highest BCUT2D eigenvalue weighted by Gasteiger charge is 2.28. The lowest BCUT2D eigenvalue weighted by atomic mass is 9.90. The third kappa shape index (κ3) is 6.41. The Morgan fingerprint density at radius 1 is 0.879 bits per heavy atom. The first-order chi connectivity index (χ1) is 16.1. The minimum Gasteiger partial charge on any atom is -0.488 e. The Kier molecular flexibility index (Phi) is 8.10. The van der Waals surface area contributed by atoms with Crippen molar-refractivity contribution < 1.29 is 14.2 Å². The van der Waals surface area contributed by atoms with Crippen LogP contribution in [0.3, 0.4) is 0 Å². The van der Waals surface area contributed by atoms with E-state index < -0.39 is 11.9 Å². The van der Waals surface area contributed by atoms with Crippen LogP contribution in [0.2, 0.25) is 0 Å². The molecule has 1 heterocycles. The standard InChI is InChI=1S/C28H33FN2O2/c1-22-18-30(20-26(23-10-4-2-5-11-23)24-12-6-3-7-13-24)16-17-31(22)19-25(32)21-33-28-15-9-8-14-27(28)29/h2-15,22,25-26,32H,16-21H2,1H3. The molecule has 0 aromatic heterocycles. The van der Waals surface area contributed by atoms with Gasteiger partial charge in [-0.25, -0.2) is 4.39 Å². The molecule has 174 valence electrons. The van der Waals surface area contributed by atoms with Crippen LogP contribution in [0, 0.1) is 5.82 Å². The van der Waals surface area contributed by atoms with Crippen molar-refractivity contribution in [3.63, 3.8) is 0 Å². The van der Waals surface area contributed by atoms with Gasteiger partial charge in [-0.3, -0.25) is 9.80 Å². The quantitative estimate of drug-likeness (QED) is 0.526. The molecule has 0 aliphatic carbocycles. The molecule has 1 N–H and O–H groups in total. The molecule has 33 heavy (non-hydrogen) atoms. The molecule has 0 saturated carbocycles. The summed E-state index contributed by atoms with van der Waals surface area (Å²) in [5.41, 5.74) is 2.67. The van der Waals surface area contributed by atoms with Crippen LogP contribution in [-0.2, 0) is 0 Å². The van der Waals surface area contributed by atoms with Crippen LogP contribution in [-0.4, -0.2) is 66.4 Å². The fraction of sp³-hybridized carbons (Fsp3) is 0.357. The van der Waals surface area contributed by atoms with Crippen molar-refractivity contribution in [2.45, 2.75) is 25.0 Å². The third-order valence-electron chi connectivity index (χ3n) is 6.41. The predicted molar refractivity (Wildman–Crippen MR) is 130 cm³/mol. The van der Waals surface area contributed by atoms with Gasteiger partial charge < -0.3 is 9.84 Å². The molecule has 2 atom stereocenters. The molecule has 2 unspecified atom stereocenters. The van der Waals surface area contributed by atoms with E-state index in [4.69, 9.17) is 4.74 Å². The van der Waals surface area contributed by atoms with Crippen molar-refractivity contribution in [2.75, 3.05) is 39.3 Å². The van der Waals surface area contributed by atoms with E-state index in [0.29, 0.717) is 18.5 Å². The lowest BCUT2D eigenvalue weighted by Crippen LogP contribution is -2.54. The Bertz CT molecular complexity index is 946. The molecular formula is C28H33FN2O2. The molecule has 4 nitrogen and oxygen atoms in total. The maximum Gasteiger partial charge on any atom is 0.165 e. The average Bonchev–Trinajstić information content (AvgIpc) is 2.85. The topological polar surface area (TPSA) is 35.9 Å². The van der Waals surface area contributed by atoms with Gasteiger partial charge in [0.25, 0.3) is 0 Å². The van der Waals surface area contributed by atoms with E-state index in [-0.39, 0.29) is 12.4 Å². The lowest BCUT2D eigenvalue weighted by molar-refractivity contribution is 0.0203. The summed E-state index contributed by atoms with van der Waals surface area (Å²) in [6.45, 7) is 6.54. The maximum absolute atomic E-state index is 13.7. The number of para-hydroxylation sites is 1. The number of piperazine rings is 1. The van der Waals surface area contributed by atoms with Crippen molar-refractivity contribution in [2.24, 2.45) is 0 Å². The summed E-state index contributed by atoms with van der Waals surface area (Å²) in [5.74, 6) is 0.103. The molecule has 5 heteroatoms. The highest BCUT2D eigenvalue weighted by atomic mass is 19.1. The molecule has 0 radical (unpaired) electrons. The van der Waals surface area contributed by atoms with Crippen molar-refractivity contribution >= 4 is 0 Å². The summed E-state index contributed by atoms with van der Waals surface area (Å²) in [6, 6.07) is 28.0. The molecule has 3 aromatic rings. The Balaban J connectivity index is 1.32. The van der Waals surface area contributed by atoms with Gasteiger partial charge in [-0.15, -0.1) is 0 Å². The molecule has 1 saturated heterocycles. The Labute approximate surface area is 196 Å². The summed E-state index contributed by atoms with van der Waals surface area (Å²) in [5, 5.41) is 10.5. The van der Waals surface area contributed by atoms with Crippen LogP contribution < -0.4 is 4.74 Å². The number of β-amino-alcohol motifs (C(OH)–C–C–N with tert-alkyl or cyclic N) is 1. The molecule has 0 amide bonds. The summed E-state index contributed by atoms with van der Waals surface area (Å²) < 4.78 is 19.2. The van der Waals surface area contributed by atoms with Gasteiger partial charge in [0, 0.05) is 44.7 Å². The van der Waals surface area contributed by atoms with Crippen molar-refractivity contribution in [1.82, 2.24) is 9.80 Å². The second kappa shape index (κ2) is 11.4. The van der Waals surface area contributed by atoms with E-state index in [1.807, 2.05) is 0 Å². The van der Waals surface area contributed by atoms with E-state index in [1.54, 1.807) is 18.2 Å². The van der Waals surface area contributed by atoms with Gasteiger partial charge in [-0.05, 0) is 30.2 Å². The zero-order valence-electron chi connectivity index (χ0n) is 19.2. The number of hydrogen-bond acceptors (Lipinski definition) is 4. The fourth-order valence-corrected chi connectivity index (χ4v) is 4.61. The van der Waals surface area contributed by atoms with Crippen LogP contribution in [0.15, 0.2) is 84.9 Å². The first kappa shape index (κ1) is 23.4. The van der Waals surface area contributed by atoms with Crippen LogP contribution in [0.25, 0.3) is 0 Å². The first-order valence-electron chi connectivity index (χ1n) is 11.7. The SMILES string of the molecule is CC1CN(CC(c2ccccc2)c2ccccc2)CCN1CC(O)COc1ccccc1F. The molecule has 3 aromatic carbocycles. The number of rotatable bonds is 9. The predicted octanol–water partition coefficient (Wildman–Crippen LogP) is 4.40. The molecule has 1 fully saturated rings. The highest BCUT2D eigenvalue weighted by Crippen LogP contribution is 2.26. The zero-order chi connectivity index (χ0) is 23.0. The number of hydrogen-bond donors (Lipinski definition) is 1. The average molecular weight is 449 g/mol. The van der Waals surface area contributed by atoms with E-state index in [9.17, 15) is 9.50 Å². The first-order valence-corrected chi connectivity index (χ1v) is 11.7.